The molecule has 1 aromatic carbocycles. The molecule has 5 nitrogen and oxygen atoms in total. The van der Waals surface area contributed by atoms with Gasteiger partial charge in [-0.15, -0.1) is 0 Å². The van der Waals surface area contributed by atoms with Gasteiger partial charge in [-0.25, -0.2) is 0 Å². The lowest BCUT2D eigenvalue weighted by atomic mass is 10.1. The lowest BCUT2D eigenvalue weighted by molar-refractivity contribution is -0.136. The van der Waals surface area contributed by atoms with Gasteiger partial charge >= 0.3 is 0 Å². The number of hydrogen-bond acceptors (Lipinski definition) is 3. The third-order valence-electron chi connectivity index (χ3n) is 3.00. The molecule has 0 fully saturated rings. The van der Waals surface area contributed by atoms with Crippen molar-refractivity contribution in [3.05, 3.63) is 30.3 Å². The molecule has 5 heteroatoms. The second-order valence-electron chi connectivity index (χ2n) is 4.50. The number of amides is 2. The van der Waals surface area contributed by atoms with Gasteiger partial charge in [-0.2, -0.15) is 5.26 Å². The van der Waals surface area contributed by atoms with Gasteiger partial charge in [0.1, 0.15) is 12.5 Å². The van der Waals surface area contributed by atoms with E-state index in [4.69, 9.17) is 5.26 Å². The van der Waals surface area contributed by atoms with Crippen LogP contribution in [-0.2, 0) is 9.59 Å². The van der Waals surface area contributed by atoms with E-state index < -0.39 is 6.04 Å². The largest absolute Gasteiger partial charge is 0.333 e. The smallest absolute Gasteiger partial charge is 0.247 e. The first kappa shape index (κ1) is 15.7. The molecule has 20 heavy (non-hydrogen) atoms. The SMILES string of the molecule is CCCC(C(=O)Nc1ccccc1)N(C)C(=O)CC#N. The Hall–Kier alpha value is -2.35. The maximum Gasteiger partial charge on any atom is 0.247 e. The van der Waals surface area contributed by atoms with Crippen molar-refractivity contribution in [2.45, 2.75) is 32.2 Å². The fraction of sp³-hybridized carbons (Fsp3) is 0.400. The van der Waals surface area contributed by atoms with Crippen molar-refractivity contribution >= 4 is 17.5 Å². The van der Waals surface area contributed by atoms with Crippen LogP contribution in [0.25, 0.3) is 0 Å². The number of para-hydroxylation sites is 1. The number of nitriles is 1. The van der Waals surface area contributed by atoms with Crippen molar-refractivity contribution in [3.8, 4) is 6.07 Å². The Morgan fingerprint density at radius 2 is 2.00 bits per heavy atom. The fourth-order valence-corrected chi connectivity index (χ4v) is 1.89. The minimum atomic E-state index is -0.555. The number of benzene rings is 1. The molecule has 1 rings (SSSR count). The molecule has 106 valence electrons. The van der Waals surface area contributed by atoms with Gasteiger partial charge in [0.25, 0.3) is 0 Å². The van der Waals surface area contributed by atoms with Crippen molar-refractivity contribution in [1.29, 1.82) is 5.26 Å². The molecule has 0 aliphatic rings. The van der Waals surface area contributed by atoms with Crippen LogP contribution in [0.5, 0.6) is 0 Å². The minimum Gasteiger partial charge on any atom is -0.333 e. The summed E-state index contributed by atoms with van der Waals surface area (Å²) >= 11 is 0. The average molecular weight is 273 g/mol. The van der Waals surface area contributed by atoms with Gasteiger partial charge in [0.05, 0.1) is 6.07 Å². The second kappa shape index (κ2) is 7.95. The van der Waals surface area contributed by atoms with Crippen LogP contribution in [0, 0.1) is 11.3 Å². The topological polar surface area (TPSA) is 73.2 Å². The monoisotopic (exact) mass is 273 g/mol. The van der Waals surface area contributed by atoms with Gasteiger partial charge in [-0.3, -0.25) is 9.59 Å². The molecule has 0 aliphatic heterocycles. The lowest BCUT2D eigenvalue weighted by Gasteiger charge is -2.26. The fourth-order valence-electron chi connectivity index (χ4n) is 1.89. The van der Waals surface area contributed by atoms with Crippen LogP contribution in [0.15, 0.2) is 30.3 Å². The third kappa shape index (κ3) is 4.39. The van der Waals surface area contributed by atoms with Crippen LogP contribution in [0.2, 0.25) is 0 Å². The Balaban J connectivity index is 2.77. The zero-order chi connectivity index (χ0) is 15.0. The molecule has 1 N–H and O–H groups in total. The Bertz CT molecular complexity index is 494. The summed E-state index contributed by atoms with van der Waals surface area (Å²) < 4.78 is 0. The second-order valence-corrected chi connectivity index (χ2v) is 4.50. The molecule has 0 saturated heterocycles. The first-order valence-corrected chi connectivity index (χ1v) is 6.58. The van der Waals surface area contributed by atoms with Crippen molar-refractivity contribution in [1.82, 2.24) is 4.90 Å². The van der Waals surface area contributed by atoms with Gasteiger partial charge in [0, 0.05) is 12.7 Å². The quantitative estimate of drug-likeness (QED) is 0.863. The highest BCUT2D eigenvalue weighted by molar-refractivity contribution is 5.97. The van der Waals surface area contributed by atoms with Gasteiger partial charge in [-0.1, -0.05) is 31.5 Å². The highest BCUT2D eigenvalue weighted by Crippen LogP contribution is 2.12. The van der Waals surface area contributed by atoms with E-state index in [0.717, 1.165) is 6.42 Å². The summed E-state index contributed by atoms with van der Waals surface area (Å²) in [6, 6.07) is 10.4. The van der Waals surface area contributed by atoms with Crippen molar-refractivity contribution in [2.24, 2.45) is 0 Å². The molecule has 1 atom stereocenters. The molecule has 0 radical (unpaired) electrons. The number of rotatable bonds is 6. The third-order valence-corrected chi connectivity index (χ3v) is 3.00. The lowest BCUT2D eigenvalue weighted by Crippen LogP contribution is -2.44. The summed E-state index contributed by atoms with van der Waals surface area (Å²) in [5.74, 6) is -0.569. The van der Waals surface area contributed by atoms with E-state index in [1.165, 1.54) is 4.90 Å². The van der Waals surface area contributed by atoms with Crippen LogP contribution >= 0.6 is 0 Å². The molecule has 1 aromatic rings. The number of carbonyl (C=O) groups is 2. The molecule has 0 aliphatic carbocycles. The van der Waals surface area contributed by atoms with Crippen molar-refractivity contribution < 1.29 is 9.59 Å². The van der Waals surface area contributed by atoms with Gasteiger partial charge < -0.3 is 10.2 Å². The van der Waals surface area contributed by atoms with E-state index in [9.17, 15) is 9.59 Å². The predicted molar refractivity (Wildman–Crippen MR) is 76.8 cm³/mol. The van der Waals surface area contributed by atoms with Crippen molar-refractivity contribution in [3.63, 3.8) is 0 Å². The van der Waals surface area contributed by atoms with Crippen molar-refractivity contribution in [2.75, 3.05) is 12.4 Å². The molecule has 0 bridgehead atoms. The van der Waals surface area contributed by atoms with E-state index in [1.807, 2.05) is 31.2 Å². The number of nitrogens with zero attached hydrogens (tertiary/aromatic N) is 2. The molecule has 0 spiro atoms. The highest BCUT2D eigenvalue weighted by atomic mass is 16.2. The normalized spacial score (nSPS) is 11.2. The van der Waals surface area contributed by atoms with E-state index in [1.54, 1.807) is 19.2 Å². The van der Waals surface area contributed by atoms with Gasteiger partial charge in [0.2, 0.25) is 11.8 Å². The zero-order valence-electron chi connectivity index (χ0n) is 11.8. The number of likely N-dealkylation sites (N-methyl/N-ethyl adjacent to an activating group) is 1. The summed E-state index contributed by atoms with van der Waals surface area (Å²) in [5.41, 5.74) is 0.694. The maximum atomic E-state index is 12.3. The van der Waals surface area contributed by atoms with Gasteiger partial charge in [-0.05, 0) is 18.6 Å². The van der Waals surface area contributed by atoms with Crippen LogP contribution in [-0.4, -0.2) is 29.8 Å². The summed E-state index contributed by atoms with van der Waals surface area (Å²) in [7, 11) is 1.56. The Morgan fingerprint density at radius 3 is 2.55 bits per heavy atom. The molecule has 0 aromatic heterocycles. The van der Waals surface area contributed by atoms with Crippen LogP contribution in [0.1, 0.15) is 26.2 Å². The summed E-state index contributed by atoms with van der Waals surface area (Å²) in [4.78, 5) is 25.4. The average Bonchev–Trinajstić information content (AvgIpc) is 2.45. The number of hydrogen-bond donors (Lipinski definition) is 1. The molecule has 0 heterocycles. The van der Waals surface area contributed by atoms with Gasteiger partial charge in [0.15, 0.2) is 0 Å². The molecular weight excluding hydrogens is 254 g/mol. The Kier molecular flexibility index (Phi) is 6.24. The maximum absolute atomic E-state index is 12.3. The highest BCUT2D eigenvalue weighted by Gasteiger charge is 2.25. The van der Waals surface area contributed by atoms with Crippen LogP contribution in [0.4, 0.5) is 5.69 Å². The summed E-state index contributed by atoms with van der Waals surface area (Å²) in [6.45, 7) is 1.95. The first-order valence-electron chi connectivity index (χ1n) is 6.58. The number of nitrogens with one attached hydrogen (secondary N) is 1. The zero-order valence-corrected chi connectivity index (χ0v) is 11.8. The molecule has 0 saturated carbocycles. The first-order chi connectivity index (χ1) is 9.60. The Labute approximate surface area is 119 Å². The predicted octanol–water partition coefficient (Wildman–Crippen LogP) is 2.17. The van der Waals surface area contributed by atoms with Crippen LogP contribution < -0.4 is 5.32 Å². The minimum absolute atomic E-state index is 0.213. The van der Waals surface area contributed by atoms with Crippen LogP contribution in [0.3, 0.4) is 0 Å². The molecular formula is C15H19N3O2. The number of carbonyl (C=O) groups excluding carboxylic acids is 2. The van der Waals surface area contributed by atoms with E-state index in [0.29, 0.717) is 12.1 Å². The van der Waals surface area contributed by atoms with E-state index in [-0.39, 0.29) is 18.2 Å². The standard InChI is InChI=1S/C15H19N3O2/c1-3-7-13(18(2)14(19)10-11-16)15(20)17-12-8-5-4-6-9-12/h4-6,8-9,13H,3,7,10H2,1-2H3,(H,17,20). The molecule has 2 amide bonds. The summed E-state index contributed by atoms with van der Waals surface area (Å²) in [6.07, 6.45) is 1.12. The van der Waals surface area contributed by atoms with E-state index in [2.05, 4.69) is 5.32 Å². The molecule has 1 unspecified atom stereocenters. The summed E-state index contributed by atoms with van der Waals surface area (Å²) in [5, 5.41) is 11.4. The number of anilines is 1. The Morgan fingerprint density at radius 1 is 1.35 bits per heavy atom. The van der Waals surface area contributed by atoms with E-state index >= 15 is 0 Å².